The monoisotopic (exact) mass is 424 g/mol. The molecule has 4 rings (SSSR count). The number of piperazine rings is 1. The van der Waals surface area contributed by atoms with E-state index in [9.17, 15) is 9.59 Å². The lowest BCUT2D eigenvalue weighted by Gasteiger charge is -2.38. The molecule has 31 heavy (non-hydrogen) atoms. The fraction of sp³-hybridized carbons (Fsp3) is 0.391. The van der Waals surface area contributed by atoms with Crippen LogP contribution in [0.5, 0.6) is 0 Å². The van der Waals surface area contributed by atoms with Gasteiger partial charge in [0.05, 0.1) is 18.4 Å². The molecule has 2 aliphatic rings. The maximum Gasteiger partial charge on any atom is 0.338 e. The lowest BCUT2D eigenvalue weighted by molar-refractivity contribution is -0.139. The van der Waals surface area contributed by atoms with E-state index in [0.717, 1.165) is 26.2 Å². The SMILES string of the molecule is CCOC(=O)C1=C(CN2CCN(c3ccccc3C)CC2)NC(=O)N[C@@H]1c1ccco1. The molecule has 0 aliphatic carbocycles. The number of nitrogens with one attached hydrogen (secondary N) is 2. The van der Waals surface area contributed by atoms with Crippen molar-refractivity contribution in [1.82, 2.24) is 15.5 Å². The molecule has 0 radical (unpaired) electrons. The minimum absolute atomic E-state index is 0.254. The molecule has 0 unspecified atom stereocenters. The van der Waals surface area contributed by atoms with Crippen molar-refractivity contribution < 1.29 is 18.7 Å². The standard InChI is InChI=1S/C23H28N4O4/c1-3-30-22(28)20-17(24-23(29)25-21(20)19-9-6-14-31-19)15-26-10-12-27(13-11-26)18-8-5-4-7-16(18)2/h4-9,14,21H,3,10-13,15H2,1-2H3,(H2,24,25,29)/t21-/m1/s1. The summed E-state index contributed by atoms with van der Waals surface area (Å²) in [4.78, 5) is 29.8. The molecule has 2 aliphatic heterocycles. The summed E-state index contributed by atoms with van der Waals surface area (Å²) in [5, 5.41) is 5.61. The van der Waals surface area contributed by atoms with Crippen LogP contribution in [0.1, 0.15) is 24.3 Å². The highest BCUT2D eigenvalue weighted by atomic mass is 16.5. The van der Waals surface area contributed by atoms with Crippen LogP contribution in [0.3, 0.4) is 0 Å². The Bertz CT molecular complexity index is 962. The Morgan fingerprint density at radius 3 is 2.61 bits per heavy atom. The van der Waals surface area contributed by atoms with Crippen LogP contribution in [0.15, 0.2) is 58.3 Å². The summed E-state index contributed by atoms with van der Waals surface area (Å²) in [7, 11) is 0. The van der Waals surface area contributed by atoms with Crippen LogP contribution in [0.4, 0.5) is 10.5 Å². The van der Waals surface area contributed by atoms with E-state index in [4.69, 9.17) is 9.15 Å². The third-order valence-corrected chi connectivity index (χ3v) is 5.69. The van der Waals surface area contributed by atoms with Gasteiger partial charge < -0.3 is 24.7 Å². The van der Waals surface area contributed by atoms with Gasteiger partial charge in [0.1, 0.15) is 11.8 Å². The van der Waals surface area contributed by atoms with E-state index in [0.29, 0.717) is 23.6 Å². The molecule has 3 heterocycles. The highest BCUT2D eigenvalue weighted by Gasteiger charge is 2.36. The van der Waals surface area contributed by atoms with Crippen molar-refractivity contribution in [2.75, 3.05) is 44.2 Å². The van der Waals surface area contributed by atoms with Crippen LogP contribution in [0.2, 0.25) is 0 Å². The molecule has 8 heteroatoms. The normalized spacial score (nSPS) is 19.7. The summed E-state index contributed by atoms with van der Waals surface area (Å²) in [6.07, 6.45) is 1.52. The molecular formula is C23H28N4O4. The smallest absolute Gasteiger partial charge is 0.338 e. The van der Waals surface area contributed by atoms with Crippen molar-refractivity contribution in [3.63, 3.8) is 0 Å². The van der Waals surface area contributed by atoms with E-state index in [-0.39, 0.29) is 12.6 Å². The summed E-state index contributed by atoms with van der Waals surface area (Å²) < 4.78 is 10.8. The maximum atomic E-state index is 12.8. The molecule has 1 aromatic carbocycles. The van der Waals surface area contributed by atoms with Crippen molar-refractivity contribution in [3.8, 4) is 0 Å². The summed E-state index contributed by atoms with van der Waals surface area (Å²) in [6.45, 7) is 7.99. The van der Waals surface area contributed by atoms with E-state index in [1.807, 2.05) is 6.07 Å². The largest absolute Gasteiger partial charge is 0.467 e. The van der Waals surface area contributed by atoms with Crippen LogP contribution in [-0.4, -0.2) is 56.2 Å². The number of amides is 2. The minimum Gasteiger partial charge on any atom is -0.467 e. The predicted molar refractivity (Wildman–Crippen MR) is 117 cm³/mol. The Morgan fingerprint density at radius 2 is 1.94 bits per heavy atom. The van der Waals surface area contributed by atoms with Crippen LogP contribution >= 0.6 is 0 Å². The van der Waals surface area contributed by atoms with Crippen LogP contribution in [0, 0.1) is 6.92 Å². The Balaban J connectivity index is 1.53. The zero-order valence-corrected chi connectivity index (χ0v) is 17.9. The van der Waals surface area contributed by atoms with Gasteiger partial charge in [-0.25, -0.2) is 9.59 Å². The minimum atomic E-state index is -0.675. The van der Waals surface area contributed by atoms with Gasteiger partial charge in [-0.2, -0.15) is 0 Å². The van der Waals surface area contributed by atoms with Crippen molar-refractivity contribution in [2.45, 2.75) is 19.9 Å². The molecule has 2 amide bonds. The molecule has 164 valence electrons. The quantitative estimate of drug-likeness (QED) is 0.693. The number of nitrogens with zero attached hydrogens (tertiary/aromatic N) is 2. The number of hydrogen-bond acceptors (Lipinski definition) is 6. The molecule has 1 fully saturated rings. The van der Waals surface area contributed by atoms with Crippen LogP contribution in [-0.2, 0) is 9.53 Å². The van der Waals surface area contributed by atoms with Gasteiger partial charge in [-0.3, -0.25) is 4.90 Å². The third kappa shape index (κ3) is 4.59. The molecule has 2 aromatic rings. The molecule has 0 saturated carbocycles. The number of carbonyl (C=O) groups excluding carboxylic acids is 2. The van der Waals surface area contributed by atoms with E-state index < -0.39 is 12.0 Å². The number of esters is 1. The van der Waals surface area contributed by atoms with Gasteiger partial charge in [-0.05, 0) is 37.6 Å². The maximum absolute atomic E-state index is 12.8. The number of rotatable bonds is 6. The van der Waals surface area contributed by atoms with Crippen molar-refractivity contribution >= 4 is 17.7 Å². The summed E-state index contributed by atoms with van der Waals surface area (Å²) in [5.41, 5.74) is 3.46. The van der Waals surface area contributed by atoms with Gasteiger partial charge in [0, 0.05) is 44.1 Å². The molecular weight excluding hydrogens is 396 g/mol. The van der Waals surface area contributed by atoms with Crippen molar-refractivity contribution in [2.24, 2.45) is 0 Å². The molecule has 1 saturated heterocycles. The molecule has 0 spiro atoms. The number of urea groups is 1. The lowest BCUT2D eigenvalue weighted by Crippen LogP contribution is -2.51. The summed E-state index contributed by atoms with van der Waals surface area (Å²) in [5.74, 6) is 0.0460. The Hall–Kier alpha value is -3.26. The van der Waals surface area contributed by atoms with Crippen LogP contribution in [0.25, 0.3) is 0 Å². The first kappa shape index (κ1) is 21.0. The molecule has 1 atom stereocenters. The van der Waals surface area contributed by atoms with E-state index in [1.165, 1.54) is 17.5 Å². The Kier molecular flexibility index (Phi) is 6.27. The van der Waals surface area contributed by atoms with Gasteiger partial charge in [-0.1, -0.05) is 18.2 Å². The first-order valence-electron chi connectivity index (χ1n) is 10.6. The zero-order valence-electron chi connectivity index (χ0n) is 17.9. The first-order valence-corrected chi connectivity index (χ1v) is 10.6. The van der Waals surface area contributed by atoms with E-state index in [1.54, 1.807) is 19.1 Å². The van der Waals surface area contributed by atoms with Crippen molar-refractivity contribution in [1.29, 1.82) is 0 Å². The second-order valence-electron chi connectivity index (χ2n) is 7.71. The molecule has 2 N–H and O–H groups in total. The van der Waals surface area contributed by atoms with Gasteiger partial charge in [0.15, 0.2) is 0 Å². The lowest BCUT2D eigenvalue weighted by atomic mass is 9.99. The Morgan fingerprint density at radius 1 is 1.16 bits per heavy atom. The fourth-order valence-corrected chi connectivity index (χ4v) is 4.15. The second kappa shape index (κ2) is 9.26. The highest BCUT2D eigenvalue weighted by molar-refractivity contribution is 5.95. The first-order chi connectivity index (χ1) is 15.1. The number of anilines is 1. The molecule has 8 nitrogen and oxygen atoms in total. The number of carbonyl (C=O) groups is 2. The van der Waals surface area contributed by atoms with Gasteiger partial charge >= 0.3 is 12.0 Å². The average Bonchev–Trinajstić information content (AvgIpc) is 3.29. The number of benzene rings is 1. The topological polar surface area (TPSA) is 87.0 Å². The summed E-state index contributed by atoms with van der Waals surface area (Å²) in [6, 6.07) is 10.8. The zero-order chi connectivity index (χ0) is 21.8. The fourth-order valence-electron chi connectivity index (χ4n) is 4.15. The molecule has 0 bridgehead atoms. The Labute approximate surface area is 181 Å². The number of furan rings is 1. The van der Waals surface area contributed by atoms with Gasteiger partial charge in [0.25, 0.3) is 0 Å². The summed E-state index contributed by atoms with van der Waals surface area (Å²) >= 11 is 0. The van der Waals surface area contributed by atoms with Gasteiger partial charge in [0.2, 0.25) is 0 Å². The number of hydrogen-bond donors (Lipinski definition) is 2. The van der Waals surface area contributed by atoms with E-state index in [2.05, 4.69) is 45.6 Å². The highest BCUT2D eigenvalue weighted by Crippen LogP contribution is 2.29. The van der Waals surface area contributed by atoms with Crippen molar-refractivity contribution in [3.05, 3.63) is 65.3 Å². The second-order valence-corrected chi connectivity index (χ2v) is 7.71. The van der Waals surface area contributed by atoms with E-state index >= 15 is 0 Å². The average molecular weight is 425 g/mol. The number of aryl methyl sites for hydroxylation is 1. The van der Waals surface area contributed by atoms with Crippen LogP contribution < -0.4 is 15.5 Å². The number of ether oxygens (including phenoxy) is 1. The van der Waals surface area contributed by atoms with Gasteiger partial charge in [-0.15, -0.1) is 0 Å². The predicted octanol–water partition coefficient (Wildman–Crippen LogP) is 2.58. The molecule has 1 aromatic heterocycles. The number of para-hydroxylation sites is 1. The third-order valence-electron chi connectivity index (χ3n) is 5.69.